The summed E-state index contributed by atoms with van der Waals surface area (Å²) < 4.78 is 50.3. The molecule has 1 aliphatic carbocycles. The number of benzene rings is 4. The quantitative estimate of drug-likeness (QED) is 0.157. The molecule has 0 saturated heterocycles. The number of halogens is 1. The first-order valence-electron chi connectivity index (χ1n) is 16.8. The molecule has 1 saturated carbocycles. The van der Waals surface area contributed by atoms with Gasteiger partial charge in [0, 0.05) is 24.6 Å². The Hall–Kier alpha value is -4.70. The number of amides is 2. The molecule has 4 aromatic carbocycles. The molecular formula is C39H44FN3O5S. The summed E-state index contributed by atoms with van der Waals surface area (Å²) in [4.78, 5) is 30.2. The third-order valence-electron chi connectivity index (χ3n) is 8.84. The smallest absolute Gasteiger partial charge is 0.264 e. The van der Waals surface area contributed by atoms with Gasteiger partial charge in [0.15, 0.2) is 0 Å². The molecule has 4 aromatic rings. The van der Waals surface area contributed by atoms with E-state index in [4.69, 9.17) is 4.74 Å². The Morgan fingerprint density at radius 3 is 2.18 bits per heavy atom. The van der Waals surface area contributed by atoms with Crippen LogP contribution >= 0.6 is 0 Å². The van der Waals surface area contributed by atoms with Gasteiger partial charge >= 0.3 is 0 Å². The maximum atomic E-state index is 15.2. The maximum absolute atomic E-state index is 15.2. The fourth-order valence-electron chi connectivity index (χ4n) is 6.15. The molecule has 0 unspecified atom stereocenters. The molecule has 0 aromatic heterocycles. The fraction of sp³-hybridized carbons (Fsp3) is 0.333. The van der Waals surface area contributed by atoms with Gasteiger partial charge in [0.05, 0.1) is 17.2 Å². The van der Waals surface area contributed by atoms with E-state index in [-0.39, 0.29) is 41.1 Å². The molecule has 0 spiro atoms. The third kappa shape index (κ3) is 9.26. The first-order chi connectivity index (χ1) is 23.7. The number of rotatable bonds is 14. The molecule has 0 heterocycles. The zero-order valence-electron chi connectivity index (χ0n) is 28.1. The van der Waals surface area contributed by atoms with Gasteiger partial charge in [0.25, 0.3) is 10.0 Å². The van der Waals surface area contributed by atoms with Crippen LogP contribution in [0.1, 0.15) is 55.7 Å². The minimum Gasteiger partial charge on any atom is -0.494 e. The van der Waals surface area contributed by atoms with Gasteiger partial charge in [-0.15, -0.1) is 0 Å². The summed E-state index contributed by atoms with van der Waals surface area (Å²) in [6, 6.07) is 27.2. The van der Waals surface area contributed by atoms with Crippen molar-refractivity contribution in [3.8, 4) is 5.75 Å². The summed E-state index contributed by atoms with van der Waals surface area (Å²) in [6.45, 7) is 3.28. The highest BCUT2D eigenvalue weighted by atomic mass is 32.2. The second-order valence-electron chi connectivity index (χ2n) is 12.4. The first-order valence-corrected chi connectivity index (χ1v) is 18.3. The van der Waals surface area contributed by atoms with E-state index in [1.807, 2.05) is 44.2 Å². The molecule has 0 radical (unpaired) electrons. The molecule has 49 heavy (non-hydrogen) atoms. The van der Waals surface area contributed by atoms with Gasteiger partial charge in [-0.05, 0) is 74.7 Å². The normalized spacial score (nSPS) is 14.1. The van der Waals surface area contributed by atoms with E-state index < -0.39 is 34.3 Å². The summed E-state index contributed by atoms with van der Waals surface area (Å²) in [5, 5.41) is 3.17. The third-order valence-corrected chi connectivity index (χ3v) is 10.6. The van der Waals surface area contributed by atoms with Gasteiger partial charge < -0.3 is 15.0 Å². The Morgan fingerprint density at radius 2 is 1.53 bits per heavy atom. The average Bonchev–Trinajstić information content (AvgIpc) is 3.11. The largest absolute Gasteiger partial charge is 0.494 e. The zero-order valence-corrected chi connectivity index (χ0v) is 28.9. The van der Waals surface area contributed by atoms with Crippen molar-refractivity contribution >= 4 is 27.5 Å². The zero-order chi connectivity index (χ0) is 34.8. The lowest BCUT2D eigenvalue weighted by Crippen LogP contribution is -2.55. The second kappa shape index (κ2) is 16.6. The molecule has 0 aliphatic heterocycles. The highest BCUT2D eigenvalue weighted by molar-refractivity contribution is 7.92. The lowest BCUT2D eigenvalue weighted by molar-refractivity contribution is -0.140. The highest BCUT2D eigenvalue weighted by Crippen LogP contribution is 2.28. The van der Waals surface area contributed by atoms with Crippen LogP contribution in [0, 0.1) is 12.7 Å². The summed E-state index contributed by atoms with van der Waals surface area (Å²) in [5.74, 6) is -0.974. The molecule has 0 bridgehead atoms. The van der Waals surface area contributed by atoms with Gasteiger partial charge in [-0.1, -0.05) is 85.5 Å². The Bertz CT molecular complexity index is 1790. The summed E-state index contributed by atoms with van der Waals surface area (Å²) in [6.07, 6.45) is 4.94. The van der Waals surface area contributed by atoms with Crippen LogP contribution in [0.5, 0.6) is 5.75 Å². The number of ether oxygens (including phenoxy) is 1. The predicted molar refractivity (Wildman–Crippen MR) is 189 cm³/mol. The molecule has 2 amide bonds. The molecule has 1 N–H and O–H groups in total. The van der Waals surface area contributed by atoms with Crippen molar-refractivity contribution in [2.75, 3.05) is 17.5 Å². The summed E-state index contributed by atoms with van der Waals surface area (Å²) in [7, 11) is -4.26. The van der Waals surface area contributed by atoms with Crippen LogP contribution in [-0.4, -0.2) is 50.4 Å². The molecule has 8 nitrogen and oxygen atoms in total. The average molecular weight is 686 g/mol. The van der Waals surface area contributed by atoms with Crippen molar-refractivity contribution in [2.45, 2.75) is 75.9 Å². The van der Waals surface area contributed by atoms with E-state index in [0.717, 1.165) is 47.5 Å². The summed E-state index contributed by atoms with van der Waals surface area (Å²) in [5.41, 5.74) is 2.16. The molecule has 5 rings (SSSR count). The van der Waals surface area contributed by atoms with Crippen LogP contribution in [0.25, 0.3) is 0 Å². The lowest BCUT2D eigenvalue weighted by Gasteiger charge is -2.35. The first kappa shape index (κ1) is 35.6. The van der Waals surface area contributed by atoms with Gasteiger partial charge in [-0.25, -0.2) is 12.8 Å². The monoisotopic (exact) mass is 685 g/mol. The molecule has 1 aliphatic rings. The number of aryl methyl sites for hydroxylation is 1. The Labute approximate surface area is 289 Å². The van der Waals surface area contributed by atoms with Crippen LogP contribution in [-0.2, 0) is 32.6 Å². The van der Waals surface area contributed by atoms with Crippen LogP contribution in [0.3, 0.4) is 0 Å². The number of sulfonamides is 1. The number of hydrogen-bond acceptors (Lipinski definition) is 5. The molecular weight excluding hydrogens is 642 g/mol. The Morgan fingerprint density at radius 1 is 0.878 bits per heavy atom. The van der Waals surface area contributed by atoms with E-state index in [1.165, 1.54) is 23.1 Å². The SMILES string of the molecule is CCOc1ccc(N(CC(=O)N(Cc2ccccc2F)[C@@H](Cc2ccccc2)C(=O)NC2CCCCC2)S(=O)(=O)c2ccc(C)cc2)cc1. The number of hydrogen-bond donors (Lipinski definition) is 1. The lowest BCUT2D eigenvalue weighted by atomic mass is 9.94. The van der Waals surface area contributed by atoms with Gasteiger partial charge in [0.2, 0.25) is 11.8 Å². The predicted octanol–water partition coefficient (Wildman–Crippen LogP) is 6.82. The summed E-state index contributed by atoms with van der Waals surface area (Å²) >= 11 is 0. The van der Waals surface area contributed by atoms with Crippen LogP contribution in [0.2, 0.25) is 0 Å². The minimum atomic E-state index is -4.26. The van der Waals surface area contributed by atoms with Crippen molar-refractivity contribution in [2.24, 2.45) is 0 Å². The van der Waals surface area contributed by atoms with Gasteiger partial charge in [-0.3, -0.25) is 13.9 Å². The number of nitrogens with zero attached hydrogens (tertiary/aromatic N) is 2. The number of carbonyl (C=O) groups excluding carboxylic acids is 2. The fourth-order valence-corrected chi connectivity index (χ4v) is 7.56. The maximum Gasteiger partial charge on any atom is 0.264 e. The molecule has 1 atom stereocenters. The van der Waals surface area contributed by atoms with Crippen LogP contribution < -0.4 is 14.4 Å². The highest BCUT2D eigenvalue weighted by Gasteiger charge is 2.35. The second-order valence-corrected chi connectivity index (χ2v) is 14.3. The molecule has 1 fully saturated rings. The van der Waals surface area contributed by atoms with E-state index in [0.29, 0.717) is 12.4 Å². The van der Waals surface area contributed by atoms with Gasteiger partial charge in [-0.2, -0.15) is 0 Å². The topological polar surface area (TPSA) is 96.0 Å². The van der Waals surface area contributed by atoms with Crippen molar-refractivity contribution in [1.82, 2.24) is 10.2 Å². The van der Waals surface area contributed by atoms with Gasteiger partial charge in [0.1, 0.15) is 24.2 Å². The number of nitrogens with one attached hydrogen (secondary N) is 1. The van der Waals surface area contributed by atoms with Crippen LogP contribution in [0.4, 0.5) is 10.1 Å². The molecule has 10 heteroatoms. The Balaban J connectivity index is 1.57. The Kier molecular flexibility index (Phi) is 12.1. The van der Waals surface area contributed by atoms with Crippen molar-refractivity contribution in [3.05, 3.63) is 126 Å². The van der Waals surface area contributed by atoms with E-state index in [1.54, 1.807) is 54.6 Å². The number of anilines is 1. The minimum absolute atomic E-state index is 0.0105. The molecule has 258 valence electrons. The van der Waals surface area contributed by atoms with E-state index >= 15 is 4.39 Å². The van der Waals surface area contributed by atoms with E-state index in [2.05, 4.69) is 5.32 Å². The van der Waals surface area contributed by atoms with Crippen molar-refractivity contribution < 1.29 is 27.1 Å². The van der Waals surface area contributed by atoms with E-state index in [9.17, 15) is 18.0 Å². The standard InChI is InChI=1S/C39H44FN3O5S/c1-3-48-34-22-20-33(21-23-34)43(49(46,47)35-24-18-29(2)19-25-35)28-38(44)42(27-31-14-10-11-17-36(31)40)37(26-30-12-6-4-7-13-30)39(45)41-32-15-8-5-9-16-32/h4,6-7,10-14,17-25,32,37H,3,5,8-9,15-16,26-28H2,1-2H3,(H,41,45)/t37-/m0/s1. The van der Waals surface area contributed by atoms with Crippen molar-refractivity contribution in [3.63, 3.8) is 0 Å². The number of carbonyl (C=O) groups is 2. The van der Waals surface area contributed by atoms with Crippen LogP contribution in [0.15, 0.2) is 108 Å². The van der Waals surface area contributed by atoms with Crippen molar-refractivity contribution in [1.29, 1.82) is 0 Å².